The Labute approximate surface area is 107 Å². The molecule has 0 bridgehead atoms. The van der Waals surface area contributed by atoms with Crippen molar-refractivity contribution in [3.8, 4) is 5.75 Å². The van der Waals surface area contributed by atoms with Gasteiger partial charge in [0.05, 0.1) is 0 Å². The fraction of sp³-hybridized carbons (Fsp3) is 0.143. The van der Waals surface area contributed by atoms with Gasteiger partial charge in [0, 0.05) is 0 Å². The van der Waals surface area contributed by atoms with Crippen molar-refractivity contribution < 1.29 is 25.9 Å². The van der Waals surface area contributed by atoms with E-state index >= 15 is 0 Å². The molecule has 2 heteroatoms. The summed E-state index contributed by atoms with van der Waals surface area (Å²) in [7, 11) is 0. The second-order valence-corrected chi connectivity index (χ2v) is 6.16. The summed E-state index contributed by atoms with van der Waals surface area (Å²) < 4.78 is 8.17. The molecule has 0 aromatic heterocycles. The molecule has 2 aromatic rings. The Morgan fingerprint density at radius 2 is 1.88 bits per heavy atom. The van der Waals surface area contributed by atoms with Gasteiger partial charge in [-0.3, -0.25) is 0 Å². The molecule has 0 saturated carbocycles. The fourth-order valence-corrected chi connectivity index (χ4v) is 3.38. The van der Waals surface area contributed by atoms with Crippen LogP contribution in [-0.4, -0.2) is 6.61 Å². The van der Waals surface area contributed by atoms with Crippen LogP contribution < -0.4 is 25.9 Å². The van der Waals surface area contributed by atoms with E-state index in [1.807, 2.05) is 31.2 Å². The molecule has 0 aliphatic heterocycles. The van der Waals surface area contributed by atoms with Gasteiger partial charge in [0.15, 0.2) is 0 Å². The van der Waals surface area contributed by atoms with Gasteiger partial charge in [0.25, 0.3) is 0 Å². The Balaban J connectivity index is 2.05. The van der Waals surface area contributed by atoms with Gasteiger partial charge in [-0.2, -0.15) is 0 Å². The van der Waals surface area contributed by atoms with Crippen LogP contribution in [0.25, 0.3) is 0 Å². The first kappa shape index (κ1) is 11.3. The number of halogens is 1. The molecular weight excluding hydrogens is 311 g/mol. The Hall–Kier alpha value is -1.21. The molecule has 0 unspecified atom stereocenters. The van der Waals surface area contributed by atoms with Crippen LogP contribution in [0.5, 0.6) is 5.75 Å². The average molecular weight is 323 g/mol. The van der Waals surface area contributed by atoms with Crippen LogP contribution in [-0.2, 0) is 0 Å². The first-order valence-corrected chi connectivity index (χ1v) is 7.29. The monoisotopic (exact) mass is 323 g/mol. The summed E-state index contributed by atoms with van der Waals surface area (Å²) in [6.07, 6.45) is 0. The van der Waals surface area contributed by atoms with Gasteiger partial charge in [-0.25, -0.2) is 0 Å². The van der Waals surface area contributed by atoms with Crippen LogP contribution in [0.15, 0.2) is 42.5 Å². The zero-order valence-electron chi connectivity index (χ0n) is 9.03. The van der Waals surface area contributed by atoms with E-state index < -0.39 is 0 Å². The molecular formula is C14H12IO-. The van der Waals surface area contributed by atoms with Gasteiger partial charge >= 0.3 is 107 Å². The molecule has 0 atom stereocenters. The third kappa shape index (κ3) is 3.14. The second-order valence-electron chi connectivity index (χ2n) is 3.13. The molecule has 0 heterocycles. The molecule has 0 amide bonds. The normalized spacial score (nSPS) is 9.81. The molecule has 16 heavy (non-hydrogen) atoms. The molecule has 0 saturated heterocycles. The van der Waals surface area contributed by atoms with Crippen LogP contribution in [0, 0.1) is 19.3 Å². The van der Waals surface area contributed by atoms with Gasteiger partial charge in [-0.05, 0) is 0 Å². The predicted molar refractivity (Wildman–Crippen MR) is 59.1 cm³/mol. The summed E-state index contributed by atoms with van der Waals surface area (Å²) in [5.74, 6) is 0.947. The fourth-order valence-electron chi connectivity index (χ4n) is 1.27. The number of rotatable bonds is 4. The summed E-state index contributed by atoms with van der Waals surface area (Å²) in [6.45, 7) is 2.72. The number of benzene rings is 1. The number of ether oxygens (including phenoxy) is 1. The number of hydrogen-bond donors (Lipinski definition) is 0. The van der Waals surface area contributed by atoms with Gasteiger partial charge in [0.2, 0.25) is 0 Å². The number of hydrogen-bond acceptors (Lipinski definition) is 1. The minimum absolute atomic E-state index is 0.101. The Kier molecular flexibility index (Phi) is 4.06. The van der Waals surface area contributed by atoms with E-state index in [1.165, 1.54) is 7.14 Å². The van der Waals surface area contributed by atoms with Crippen molar-refractivity contribution in [3.63, 3.8) is 0 Å². The van der Waals surface area contributed by atoms with Crippen LogP contribution in [0.1, 0.15) is 6.92 Å². The van der Waals surface area contributed by atoms with Crippen LogP contribution in [0.2, 0.25) is 0 Å². The van der Waals surface area contributed by atoms with Gasteiger partial charge in [-0.15, -0.1) is 0 Å². The van der Waals surface area contributed by atoms with Crippen LogP contribution >= 0.6 is 0 Å². The molecule has 0 fully saturated rings. The Morgan fingerprint density at radius 3 is 2.50 bits per heavy atom. The predicted octanol–water partition coefficient (Wildman–Crippen LogP) is -0.186. The van der Waals surface area contributed by atoms with E-state index in [0.717, 1.165) is 12.4 Å². The topological polar surface area (TPSA) is 9.23 Å². The summed E-state index contributed by atoms with van der Waals surface area (Å²) in [5.41, 5.74) is 0. The molecule has 0 radical (unpaired) electrons. The molecule has 82 valence electrons. The van der Waals surface area contributed by atoms with Gasteiger partial charge < -0.3 is 0 Å². The first-order chi connectivity index (χ1) is 7.88. The van der Waals surface area contributed by atoms with Gasteiger partial charge in [-0.1, -0.05) is 0 Å². The van der Waals surface area contributed by atoms with Crippen molar-refractivity contribution in [2.75, 3.05) is 6.61 Å². The van der Waals surface area contributed by atoms with E-state index in [1.54, 1.807) is 0 Å². The summed E-state index contributed by atoms with van der Waals surface area (Å²) in [5, 5.41) is 0. The SMILES string of the molecule is CCOc1ccc([I-]c2cc#ccc2)cc1. The molecule has 2 aromatic carbocycles. The van der Waals surface area contributed by atoms with Crippen LogP contribution in [0.3, 0.4) is 0 Å². The van der Waals surface area contributed by atoms with Crippen molar-refractivity contribution >= 4 is 0 Å². The van der Waals surface area contributed by atoms with Gasteiger partial charge in [0.1, 0.15) is 0 Å². The van der Waals surface area contributed by atoms with E-state index in [4.69, 9.17) is 4.74 Å². The second kappa shape index (κ2) is 5.76. The summed E-state index contributed by atoms with van der Waals surface area (Å²) in [4.78, 5) is 0. The van der Waals surface area contributed by atoms with Crippen molar-refractivity contribution in [2.24, 2.45) is 0 Å². The molecule has 0 aliphatic rings. The molecule has 0 spiro atoms. The zero-order chi connectivity index (χ0) is 11.2. The van der Waals surface area contributed by atoms with Crippen molar-refractivity contribution in [1.82, 2.24) is 0 Å². The Morgan fingerprint density at radius 1 is 1.06 bits per heavy atom. The van der Waals surface area contributed by atoms with E-state index in [0.29, 0.717) is 0 Å². The molecule has 0 N–H and O–H groups in total. The zero-order valence-corrected chi connectivity index (χ0v) is 11.2. The van der Waals surface area contributed by atoms with E-state index in [-0.39, 0.29) is 21.2 Å². The molecule has 0 aliphatic carbocycles. The molecule has 2 rings (SSSR count). The van der Waals surface area contributed by atoms with Crippen LogP contribution in [0.4, 0.5) is 0 Å². The third-order valence-electron chi connectivity index (χ3n) is 1.96. The Bertz CT molecular complexity index is 422. The first-order valence-electron chi connectivity index (χ1n) is 5.14. The quantitative estimate of drug-likeness (QED) is 0.709. The summed E-state index contributed by atoms with van der Waals surface area (Å²) >= 11 is -0.101. The van der Waals surface area contributed by atoms with E-state index in [2.05, 4.69) is 30.3 Å². The minimum atomic E-state index is -0.101. The average Bonchev–Trinajstić information content (AvgIpc) is 2.33. The standard InChI is InChI=1S/C14H12IO/c1-2-16-14-10-8-13(9-11-14)15-12-6-4-3-5-7-12/h4,6-11H,2H2,1H3/q-1. The maximum atomic E-state index is 5.41. The maximum absolute atomic E-state index is 5.41. The third-order valence-corrected chi connectivity index (χ3v) is 4.60. The van der Waals surface area contributed by atoms with E-state index in [9.17, 15) is 0 Å². The van der Waals surface area contributed by atoms with Crippen molar-refractivity contribution in [1.29, 1.82) is 0 Å². The van der Waals surface area contributed by atoms with Crippen molar-refractivity contribution in [3.05, 3.63) is 61.7 Å². The summed E-state index contributed by atoms with van der Waals surface area (Å²) in [6, 6.07) is 20.3. The molecule has 1 nitrogen and oxygen atoms in total. The van der Waals surface area contributed by atoms with Crippen molar-refractivity contribution in [2.45, 2.75) is 6.92 Å².